The Bertz CT molecular complexity index is 1280. The van der Waals surface area contributed by atoms with Gasteiger partial charge in [-0.3, -0.25) is 14.3 Å². The highest BCUT2D eigenvalue weighted by atomic mass is 16.5. The Morgan fingerprint density at radius 3 is 2.68 bits per heavy atom. The number of imidazole rings is 1. The van der Waals surface area contributed by atoms with Gasteiger partial charge in [0.15, 0.2) is 5.76 Å². The van der Waals surface area contributed by atoms with Crippen molar-refractivity contribution in [3.05, 3.63) is 52.3 Å². The molecule has 2 aromatic heterocycles. The molecule has 204 valence electrons. The molecule has 2 atom stereocenters. The van der Waals surface area contributed by atoms with Crippen LogP contribution in [0.3, 0.4) is 0 Å². The predicted octanol–water partition coefficient (Wildman–Crippen LogP) is 3.33. The summed E-state index contributed by atoms with van der Waals surface area (Å²) < 4.78 is 7.57. The molecule has 0 unspecified atom stereocenters. The first-order valence-electron chi connectivity index (χ1n) is 14.5. The monoisotopic (exact) mass is 520 g/mol. The van der Waals surface area contributed by atoms with Gasteiger partial charge >= 0.3 is 5.69 Å². The van der Waals surface area contributed by atoms with Crippen LogP contribution in [0.4, 0.5) is 0 Å². The summed E-state index contributed by atoms with van der Waals surface area (Å²) in [4.78, 5) is 33.4. The predicted molar refractivity (Wildman–Crippen MR) is 146 cm³/mol. The number of hydrogen-bond acceptors (Lipinski definition) is 6. The van der Waals surface area contributed by atoms with Gasteiger partial charge in [0.1, 0.15) is 0 Å². The Labute approximate surface area is 223 Å². The largest absolute Gasteiger partial charge is 0.360 e. The molecule has 0 bridgehead atoms. The fourth-order valence-corrected chi connectivity index (χ4v) is 6.78. The van der Waals surface area contributed by atoms with Crippen molar-refractivity contribution in [2.45, 2.75) is 64.0 Å². The van der Waals surface area contributed by atoms with Gasteiger partial charge in [0.2, 0.25) is 5.91 Å². The number of H-pyrrole nitrogens is 1. The number of amides is 1. The lowest BCUT2D eigenvalue weighted by molar-refractivity contribution is -0.134. The van der Waals surface area contributed by atoms with Crippen LogP contribution in [0.2, 0.25) is 0 Å². The lowest BCUT2D eigenvalue weighted by atomic mass is 9.81. The summed E-state index contributed by atoms with van der Waals surface area (Å²) in [5.74, 6) is 1.93. The molecule has 9 heteroatoms. The van der Waals surface area contributed by atoms with Gasteiger partial charge in [-0.2, -0.15) is 0 Å². The van der Waals surface area contributed by atoms with Crippen molar-refractivity contribution in [2.24, 2.45) is 11.8 Å². The highest BCUT2D eigenvalue weighted by Gasteiger charge is 2.32. The third kappa shape index (κ3) is 5.59. The van der Waals surface area contributed by atoms with E-state index in [-0.39, 0.29) is 17.6 Å². The number of likely N-dealkylation sites (tertiary alicyclic amines) is 2. The van der Waals surface area contributed by atoms with Crippen LogP contribution < -0.4 is 11.0 Å². The highest BCUT2D eigenvalue weighted by Crippen LogP contribution is 2.30. The minimum atomic E-state index is -0.0551. The Morgan fingerprint density at radius 2 is 1.84 bits per heavy atom. The summed E-state index contributed by atoms with van der Waals surface area (Å²) in [6.07, 6.45) is 7.92. The van der Waals surface area contributed by atoms with Crippen LogP contribution in [-0.4, -0.2) is 69.7 Å². The molecule has 3 aliphatic rings. The van der Waals surface area contributed by atoms with Crippen LogP contribution in [0.1, 0.15) is 62.4 Å². The molecule has 9 nitrogen and oxygen atoms in total. The average molecular weight is 521 g/mol. The van der Waals surface area contributed by atoms with Gasteiger partial charge < -0.3 is 19.7 Å². The molecule has 3 fully saturated rings. The van der Waals surface area contributed by atoms with E-state index in [1.807, 2.05) is 33.7 Å². The summed E-state index contributed by atoms with van der Waals surface area (Å²) in [6, 6.07) is 10.1. The summed E-state index contributed by atoms with van der Waals surface area (Å²) in [6.45, 7) is 6.41. The van der Waals surface area contributed by atoms with Gasteiger partial charge in [-0.1, -0.05) is 23.7 Å². The second-order valence-corrected chi connectivity index (χ2v) is 11.5. The van der Waals surface area contributed by atoms with E-state index >= 15 is 0 Å². The number of carbonyl (C=O) groups excluding carboxylic acids is 1. The van der Waals surface area contributed by atoms with Gasteiger partial charge in [0.05, 0.1) is 23.3 Å². The van der Waals surface area contributed by atoms with Crippen molar-refractivity contribution in [3.8, 4) is 0 Å². The van der Waals surface area contributed by atoms with E-state index in [1.165, 1.54) is 19.3 Å². The van der Waals surface area contributed by atoms with Crippen LogP contribution in [0.25, 0.3) is 11.0 Å². The van der Waals surface area contributed by atoms with Crippen LogP contribution >= 0.6 is 0 Å². The van der Waals surface area contributed by atoms with Gasteiger partial charge in [-0.15, -0.1) is 0 Å². The van der Waals surface area contributed by atoms with Crippen molar-refractivity contribution in [1.29, 1.82) is 0 Å². The van der Waals surface area contributed by atoms with E-state index in [0.29, 0.717) is 31.3 Å². The summed E-state index contributed by atoms with van der Waals surface area (Å²) in [7, 11) is 0. The van der Waals surface area contributed by atoms with Gasteiger partial charge in [-0.05, 0) is 88.7 Å². The number of piperidine rings is 3. The number of rotatable bonds is 7. The van der Waals surface area contributed by atoms with E-state index in [9.17, 15) is 9.59 Å². The van der Waals surface area contributed by atoms with E-state index in [2.05, 4.69) is 26.4 Å². The summed E-state index contributed by atoms with van der Waals surface area (Å²) in [5.41, 5.74) is 2.78. The maximum Gasteiger partial charge on any atom is 0.326 e. The van der Waals surface area contributed by atoms with E-state index in [1.54, 1.807) is 0 Å². The molecule has 0 spiro atoms. The third-order valence-electron chi connectivity index (χ3n) is 8.92. The summed E-state index contributed by atoms with van der Waals surface area (Å²) in [5, 5.41) is 7.91. The number of hydrogen-bond donors (Lipinski definition) is 2. The first kappa shape index (κ1) is 25.4. The molecule has 0 saturated carbocycles. The van der Waals surface area contributed by atoms with E-state index < -0.39 is 0 Å². The van der Waals surface area contributed by atoms with Gasteiger partial charge in [0.25, 0.3) is 0 Å². The molecule has 5 heterocycles. The molecular formula is C29H40N6O3. The second kappa shape index (κ2) is 11.5. The lowest BCUT2D eigenvalue weighted by Crippen LogP contribution is -2.44. The standard InChI is InChI=1S/C29H40N6O3/c36-28(34-14-9-24(10-15-34)35-27-7-3-2-6-26(27)31-29(35)37)17-21-8-11-30-19-22(21)16-23-18-25(38-32-23)20-33-12-4-1-5-13-33/h2-3,6-7,18,21-22,24,30H,1,4-5,8-17,19-20H2,(H,31,37)/t21-,22-/m0/s1. The molecule has 1 amide bonds. The van der Waals surface area contributed by atoms with Crippen molar-refractivity contribution in [2.75, 3.05) is 39.3 Å². The summed E-state index contributed by atoms with van der Waals surface area (Å²) >= 11 is 0. The van der Waals surface area contributed by atoms with Crippen molar-refractivity contribution in [1.82, 2.24) is 29.8 Å². The lowest BCUT2D eigenvalue weighted by Gasteiger charge is -2.36. The number of para-hydroxylation sites is 2. The van der Waals surface area contributed by atoms with Crippen molar-refractivity contribution < 1.29 is 9.32 Å². The van der Waals surface area contributed by atoms with Crippen molar-refractivity contribution in [3.63, 3.8) is 0 Å². The van der Waals surface area contributed by atoms with Gasteiger partial charge in [0, 0.05) is 31.6 Å². The van der Waals surface area contributed by atoms with Crippen LogP contribution in [0, 0.1) is 11.8 Å². The average Bonchev–Trinajstić information content (AvgIpc) is 3.53. The van der Waals surface area contributed by atoms with E-state index in [0.717, 1.165) is 80.9 Å². The Morgan fingerprint density at radius 1 is 1.03 bits per heavy atom. The number of fused-ring (bicyclic) bond motifs is 1. The first-order chi connectivity index (χ1) is 18.6. The van der Waals surface area contributed by atoms with Crippen LogP contribution in [-0.2, 0) is 17.8 Å². The zero-order chi connectivity index (χ0) is 25.9. The number of carbonyl (C=O) groups is 1. The Balaban J connectivity index is 1.03. The first-order valence-corrected chi connectivity index (χ1v) is 14.5. The number of aromatic nitrogens is 3. The van der Waals surface area contributed by atoms with Crippen LogP contribution in [0.15, 0.2) is 39.6 Å². The Kier molecular flexibility index (Phi) is 7.65. The highest BCUT2D eigenvalue weighted by molar-refractivity contribution is 5.77. The zero-order valence-corrected chi connectivity index (χ0v) is 22.2. The quantitative estimate of drug-likeness (QED) is 0.496. The molecule has 3 saturated heterocycles. The SMILES string of the molecule is O=C(C[C@@H]1CCNC[C@@H]1Cc1cc(CN2CCCCC2)on1)N1CCC(n2c(=O)[nH]c3ccccc32)CC1. The third-order valence-corrected chi connectivity index (χ3v) is 8.92. The molecule has 6 rings (SSSR count). The Hall–Kier alpha value is -2.91. The van der Waals surface area contributed by atoms with Gasteiger partial charge in [-0.25, -0.2) is 4.79 Å². The zero-order valence-electron chi connectivity index (χ0n) is 22.2. The maximum atomic E-state index is 13.4. The molecule has 0 aliphatic carbocycles. The minimum Gasteiger partial charge on any atom is -0.360 e. The molecule has 3 aliphatic heterocycles. The van der Waals surface area contributed by atoms with E-state index in [4.69, 9.17) is 4.52 Å². The number of aromatic amines is 1. The second-order valence-electron chi connectivity index (χ2n) is 11.5. The number of nitrogens with zero attached hydrogens (tertiary/aromatic N) is 4. The smallest absolute Gasteiger partial charge is 0.326 e. The maximum absolute atomic E-state index is 13.4. The van der Waals surface area contributed by atoms with Crippen LogP contribution in [0.5, 0.6) is 0 Å². The molecule has 3 aromatic rings. The number of nitrogens with one attached hydrogen (secondary N) is 2. The molecule has 0 radical (unpaired) electrons. The topological polar surface area (TPSA) is 99.4 Å². The minimum absolute atomic E-state index is 0.0551. The molecular weight excluding hydrogens is 480 g/mol. The molecule has 38 heavy (non-hydrogen) atoms. The van der Waals surface area contributed by atoms with Crippen molar-refractivity contribution >= 4 is 16.9 Å². The molecule has 1 aromatic carbocycles. The fraction of sp³-hybridized carbons (Fsp3) is 0.621. The fourth-order valence-electron chi connectivity index (χ4n) is 6.78. The molecule has 2 N–H and O–H groups in total. The normalized spacial score (nSPS) is 23.7. The number of benzene rings is 1.